The third-order valence-corrected chi connectivity index (χ3v) is 2.06. The van der Waals surface area contributed by atoms with Crippen LogP contribution in [0.15, 0.2) is 6.20 Å². The lowest BCUT2D eigenvalue weighted by Gasteiger charge is -2.11. The molecule has 0 saturated heterocycles. The Morgan fingerprint density at radius 1 is 1.57 bits per heavy atom. The summed E-state index contributed by atoms with van der Waals surface area (Å²) >= 11 is 0. The minimum Gasteiger partial charge on any atom is -0.371 e. The van der Waals surface area contributed by atoms with E-state index in [1.165, 1.54) is 0 Å². The van der Waals surface area contributed by atoms with Gasteiger partial charge in [-0.15, -0.1) is 0 Å². The molecule has 0 bridgehead atoms. The van der Waals surface area contributed by atoms with Crippen LogP contribution in [0.5, 0.6) is 0 Å². The molecule has 0 saturated carbocycles. The number of rotatable bonds is 6. The molecule has 14 heavy (non-hydrogen) atoms. The van der Waals surface area contributed by atoms with Crippen LogP contribution >= 0.6 is 0 Å². The van der Waals surface area contributed by atoms with Crippen molar-refractivity contribution in [1.29, 1.82) is 0 Å². The molecule has 1 aromatic heterocycles. The number of ether oxygens (including phenoxy) is 1. The fourth-order valence-corrected chi connectivity index (χ4v) is 1.41. The first kappa shape index (κ1) is 11.2. The van der Waals surface area contributed by atoms with Crippen molar-refractivity contribution in [3.8, 4) is 0 Å². The van der Waals surface area contributed by atoms with Crippen molar-refractivity contribution in [1.82, 2.24) is 15.3 Å². The minimum atomic E-state index is 0.102. The summed E-state index contributed by atoms with van der Waals surface area (Å²) in [6.45, 7) is 5.64. The number of aromatic amines is 1. The number of aromatic nitrogens is 2. The number of hydrogen-bond donors (Lipinski definition) is 2. The predicted octanol–water partition coefficient (Wildman–Crippen LogP) is 1.62. The Morgan fingerprint density at radius 3 is 2.93 bits per heavy atom. The summed E-state index contributed by atoms with van der Waals surface area (Å²) in [4.78, 5) is 7.56. The Bertz CT molecular complexity index is 260. The number of hydrogen-bond acceptors (Lipinski definition) is 3. The standard InChI is InChI=1S/C10H19N3O/c1-4-9(14-5-2)10-12-7-8(13-10)6-11-3/h7,9,11H,4-6H2,1-3H3,(H,12,13). The lowest BCUT2D eigenvalue weighted by atomic mass is 10.2. The normalized spacial score (nSPS) is 13.1. The molecule has 0 aliphatic rings. The van der Waals surface area contributed by atoms with Gasteiger partial charge >= 0.3 is 0 Å². The third-order valence-electron chi connectivity index (χ3n) is 2.06. The number of H-pyrrole nitrogens is 1. The van der Waals surface area contributed by atoms with Gasteiger partial charge in [0.2, 0.25) is 0 Å². The summed E-state index contributed by atoms with van der Waals surface area (Å²) in [6.07, 6.45) is 2.90. The van der Waals surface area contributed by atoms with Gasteiger partial charge in [-0.2, -0.15) is 0 Å². The molecule has 1 heterocycles. The molecule has 1 aromatic rings. The van der Waals surface area contributed by atoms with Gasteiger partial charge in [-0.25, -0.2) is 4.98 Å². The Morgan fingerprint density at radius 2 is 2.36 bits per heavy atom. The van der Waals surface area contributed by atoms with Crippen LogP contribution in [0.1, 0.15) is 37.9 Å². The molecule has 80 valence electrons. The molecule has 1 rings (SSSR count). The van der Waals surface area contributed by atoms with Crippen molar-refractivity contribution in [3.05, 3.63) is 17.7 Å². The fourth-order valence-electron chi connectivity index (χ4n) is 1.41. The largest absolute Gasteiger partial charge is 0.371 e. The highest BCUT2D eigenvalue weighted by molar-refractivity contribution is 5.03. The molecule has 0 spiro atoms. The second kappa shape index (κ2) is 5.78. The molecule has 0 aliphatic heterocycles. The van der Waals surface area contributed by atoms with E-state index in [-0.39, 0.29) is 6.10 Å². The maximum Gasteiger partial charge on any atom is 0.135 e. The average molecular weight is 197 g/mol. The predicted molar refractivity (Wildman–Crippen MR) is 56.0 cm³/mol. The number of nitrogens with one attached hydrogen (secondary N) is 2. The first-order chi connectivity index (χ1) is 6.81. The SMILES string of the molecule is CCOC(CC)c1ncc(CNC)[nH]1. The second-order valence-corrected chi connectivity index (χ2v) is 3.18. The van der Waals surface area contributed by atoms with Gasteiger partial charge < -0.3 is 15.0 Å². The van der Waals surface area contributed by atoms with Gasteiger partial charge in [0.05, 0.1) is 0 Å². The maximum absolute atomic E-state index is 5.55. The summed E-state index contributed by atoms with van der Waals surface area (Å²) in [7, 11) is 1.92. The van der Waals surface area contributed by atoms with Crippen LogP contribution in [0.3, 0.4) is 0 Å². The van der Waals surface area contributed by atoms with Gasteiger partial charge in [0.1, 0.15) is 11.9 Å². The summed E-state index contributed by atoms with van der Waals surface area (Å²) in [5, 5.41) is 3.07. The van der Waals surface area contributed by atoms with E-state index in [1.54, 1.807) is 0 Å². The van der Waals surface area contributed by atoms with Gasteiger partial charge in [0.25, 0.3) is 0 Å². The summed E-state index contributed by atoms with van der Waals surface area (Å²) in [6, 6.07) is 0. The van der Waals surface area contributed by atoms with E-state index in [0.29, 0.717) is 0 Å². The number of nitrogens with zero attached hydrogens (tertiary/aromatic N) is 1. The lowest BCUT2D eigenvalue weighted by Crippen LogP contribution is -2.07. The molecule has 1 unspecified atom stereocenters. The van der Waals surface area contributed by atoms with Crippen LogP contribution in [0.4, 0.5) is 0 Å². The summed E-state index contributed by atoms with van der Waals surface area (Å²) in [5.41, 5.74) is 1.10. The zero-order chi connectivity index (χ0) is 10.4. The average Bonchev–Trinajstić information content (AvgIpc) is 2.63. The Hall–Kier alpha value is -0.870. The Kier molecular flexibility index (Phi) is 4.62. The van der Waals surface area contributed by atoms with Gasteiger partial charge in [-0.1, -0.05) is 6.92 Å². The van der Waals surface area contributed by atoms with Crippen LogP contribution in [0.2, 0.25) is 0 Å². The van der Waals surface area contributed by atoms with E-state index in [1.807, 2.05) is 20.2 Å². The van der Waals surface area contributed by atoms with E-state index in [2.05, 4.69) is 22.2 Å². The summed E-state index contributed by atoms with van der Waals surface area (Å²) < 4.78 is 5.55. The van der Waals surface area contributed by atoms with Crippen LogP contribution < -0.4 is 5.32 Å². The Labute approximate surface area is 85.1 Å². The van der Waals surface area contributed by atoms with Crippen LogP contribution in [-0.2, 0) is 11.3 Å². The smallest absolute Gasteiger partial charge is 0.135 e. The molecule has 0 aliphatic carbocycles. The van der Waals surface area contributed by atoms with Crippen LogP contribution in [0.25, 0.3) is 0 Å². The van der Waals surface area contributed by atoms with Crippen molar-refractivity contribution in [2.75, 3.05) is 13.7 Å². The second-order valence-electron chi connectivity index (χ2n) is 3.18. The van der Waals surface area contributed by atoms with Gasteiger partial charge in [0.15, 0.2) is 0 Å². The zero-order valence-electron chi connectivity index (χ0n) is 9.13. The quantitative estimate of drug-likeness (QED) is 0.728. The summed E-state index contributed by atoms with van der Waals surface area (Å²) in [5.74, 6) is 0.930. The van der Waals surface area contributed by atoms with Gasteiger partial charge in [-0.3, -0.25) is 0 Å². The maximum atomic E-state index is 5.55. The molecule has 0 amide bonds. The lowest BCUT2D eigenvalue weighted by molar-refractivity contribution is 0.0540. The molecule has 4 heteroatoms. The van der Waals surface area contributed by atoms with Gasteiger partial charge in [-0.05, 0) is 20.4 Å². The van der Waals surface area contributed by atoms with E-state index >= 15 is 0 Å². The van der Waals surface area contributed by atoms with E-state index in [9.17, 15) is 0 Å². The monoisotopic (exact) mass is 197 g/mol. The highest BCUT2D eigenvalue weighted by atomic mass is 16.5. The molecular weight excluding hydrogens is 178 g/mol. The molecule has 0 radical (unpaired) electrons. The van der Waals surface area contributed by atoms with Gasteiger partial charge in [0, 0.05) is 25.0 Å². The van der Waals surface area contributed by atoms with Crippen LogP contribution in [-0.4, -0.2) is 23.6 Å². The number of imidazole rings is 1. The van der Waals surface area contributed by atoms with E-state index in [0.717, 1.165) is 31.1 Å². The van der Waals surface area contributed by atoms with Crippen molar-refractivity contribution in [2.24, 2.45) is 0 Å². The fraction of sp³-hybridized carbons (Fsp3) is 0.700. The van der Waals surface area contributed by atoms with Crippen LogP contribution in [0, 0.1) is 0 Å². The molecule has 4 nitrogen and oxygen atoms in total. The molecular formula is C10H19N3O. The molecule has 0 aromatic carbocycles. The van der Waals surface area contributed by atoms with Crippen molar-refractivity contribution in [2.45, 2.75) is 32.9 Å². The first-order valence-electron chi connectivity index (χ1n) is 5.11. The van der Waals surface area contributed by atoms with E-state index < -0.39 is 0 Å². The zero-order valence-corrected chi connectivity index (χ0v) is 9.13. The van der Waals surface area contributed by atoms with Crippen molar-refractivity contribution in [3.63, 3.8) is 0 Å². The van der Waals surface area contributed by atoms with Crippen molar-refractivity contribution < 1.29 is 4.74 Å². The topological polar surface area (TPSA) is 49.9 Å². The minimum absolute atomic E-state index is 0.102. The molecule has 1 atom stereocenters. The molecule has 0 fully saturated rings. The highest BCUT2D eigenvalue weighted by Gasteiger charge is 2.12. The van der Waals surface area contributed by atoms with Crippen molar-refractivity contribution >= 4 is 0 Å². The highest BCUT2D eigenvalue weighted by Crippen LogP contribution is 2.17. The van der Waals surface area contributed by atoms with E-state index in [4.69, 9.17) is 4.74 Å². The first-order valence-corrected chi connectivity index (χ1v) is 5.11. The third kappa shape index (κ3) is 2.82. The molecule has 2 N–H and O–H groups in total. The Balaban J connectivity index is 2.63.